The smallest absolute Gasteiger partial charge is 0.383 e. The van der Waals surface area contributed by atoms with E-state index in [9.17, 15) is 18.9 Å². The van der Waals surface area contributed by atoms with Crippen LogP contribution in [0.25, 0.3) is 0 Å². The summed E-state index contributed by atoms with van der Waals surface area (Å²) in [6, 6.07) is 4.83. The van der Waals surface area contributed by atoms with Gasteiger partial charge in [0.2, 0.25) is 5.91 Å². The molecule has 1 aromatic carbocycles. The predicted molar refractivity (Wildman–Crippen MR) is 185 cm³/mol. The van der Waals surface area contributed by atoms with Crippen LogP contribution in [0, 0.1) is 5.92 Å². The highest BCUT2D eigenvalue weighted by molar-refractivity contribution is 8.00. The minimum Gasteiger partial charge on any atom is -0.424 e. The van der Waals surface area contributed by atoms with Crippen LogP contribution in [-0.4, -0.2) is 34.9 Å². The number of thioether (sulfide) groups is 1. The molecule has 0 saturated heterocycles. The second kappa shape index (κ2) is 25.9. The Morgan fingerprint density at radius 3 is 1.98 bits per heavy atom. The topological polar surface area (TPSA) is 81.7 Å². The number of benzene rings is 1. The maximum absolute atomic E-state index is 13.1. The third kappa shape index (κ3) is 18.9. The SMILES string of the molecule is CC/C=C\C/C=C\C/C=C\C/C=C\C/C=C\CCCCS[C@@H](CC)C(=O)NC(CC(C)C)C(=O)Oc1ccccc1C(=O)OF. The lowest BCUT2D eigenvalue weighted by Crippen LogP contribution is -2.47. The van der Waals surface area contributed by atoms with Crippen molar-refractivity contribution in [3.8, 4) is 5.75 Å². The van der Waals surface area contributed by atoms with Crippen LogP contribution in [0.5, 0.6) is 5.75 Å². The van der Waals surface area contributed by atoms with Crippen molar-refractivity contribution in [2.24, 2.45) is 5.92 Å². The van der Waals surface area contributed by atoms with Crippen molar-refractivity contribution in [2.75, 3.05) is 5.75 Å². The number of unbranched alkanes of at least 4 members (excludes halogenated alkanes) is 2. The van der Waals surface area contributed by atoms with Crippen LogP contribution >= 0.6 is 11.8 Å². The van der Waals surface area contributed by atoms with Crippen LogP contribution in [-0.2, 0) is 14.5 Å². The van der Waals surface area contributed by atoms with E-state index < -0.39 is 18.0 Å². The molecule has 0 heterocycles. The minimum atomic E-state index is -1.26. The molecule has 8 heteroatoms. The molecule has 45 heavy (non-hydrogen) atoms. The maximum Gasteiger partial charge on any atom is 0.383 e. The maximum atomic E-state index is 13.1. The Labute approximate surface area is 274 Å². The number of halogens is 1. The number of para-hydroxylation sites is 1. The van der Waals surface area contributed by atoms with Gasteiger partial charge in [0.05, 0.1) is 5.25 Å². The highest BCUT2D eigenvalue weighted by Gasteiger charge is 2.28. The van der Waals surface area contributed by atoms with E-state index in [1.165, 1.54) is 18.2 Å². The number of hydrogen-bond acceptors (Lipinski definition) is 6. The summed E-state index contributed by atoms with van der Waals surface area (Å²) in [6.45, 7) is 7.96. The Morgan fingerprint density at radius 1 is 0.844 bits per heavy atom. The molecule has 1 unspecified atom stereocenters. The molecule has 248 valence electrons. The fraction of sp³-hybridized carbons (Fsp3) is 0.486. The monoisotopic (exact) mass is 641 g/mol. The van der Waals surface area contributed by atoms with Gasteiger partial charge < -0.3 is 10.1 Å². The quantitative estimate of drug-likeness (QED) is 0.0555. The first-order chi connectivity index (χ1) is 21.8. The number of ether oxygens (including phenoxy) is 1. The van der Waals surface area contributed by atoms with E-state index in [-0.39, 0.29) is 28.4 Å². The van der Waals surface area contributed by atoms with Crippen LogP contribution in [0.2, 0.25) is 0 Å². The zero-order valence-corrected chi connectivity index (χ0v) is 28.2. The number of hydrogen-bond donors (Lipinski definition) is 1. The molecule has 0 saturated carbocycles. The Morgan fingerprint density at radius 2 is 1.42 bits per heavy atom. The normalized spacial score (nSPS) is 13.5. The van der Waals surface area contributed by atoms with Crippen LogP contribution in [0.3, 0.4) is 0 Å². The van der Waals surface area contributed by atoms with Crippen molar-refractivity contribution < 1.29 is 28.6 Å². The molecular formula is C37H52FNO5S. The molecule has 1 N–H and O–H groups in total. The third-order valence-electron chi connectivity index (χ3n) is 6.60. The summed E-state index contributed by atoms with van der Waals surface area (Å²) in [7, 11) is 0. The Kier molecular flexibility index (Phi) is 22.8. The van der Waals surface area contributed by atoms with Gasteiger partial charge in [-0.05, 0) is 88.0 Å². The molecule has 0 spiro atoms. The second-order valence-electron chi connectivity index (χ2n) is 10.9. The molecular weight excluding hydrogens is 589 g/mol. The number of esters is 1. The van der Waals surface area contributed by atoms with Gasteiger partial charge in [-0.2, -0.15) is 0 Å². The average Bonchev–Trinajstić information content (AvgIpc) is 3.03. The first-order valence-corrected chi connectivity index (χ1v) is 17.2. The Balaban J connectivity index is 2.38. The number of rotatable bonds is 23. The van der Waals surface area contributed by atoms with Crippen molar-refractivity contribution in [1.82, 2.24) is 5.32 Å². The summed E-state index contributed by atoms with van der Waals surface area (Å²) < 4.78 is 17.9. The molecule has 1 rings (SSSR count). The number of carbonyl (C=O) groups is 3. The van der Waals surface area contributed by atoms with Crippen LogP contribution in [0.15, 0.2) is 85.0 Å². The summed E-state index contributed by atoms with van der Waals surface area (Å²) in [5.41, 5.74) is -0.213. The Bertz CT molecular complexity index is 1140. The second-order valence-corrected chi connectivity index (χ2v) is 12.3. The van der Waals surface area contributed by atoms with Crippen molar-refractivity contribution in [1.29, 1.82) is 0 Å². The minimum absolute atomic E-state index is 0.0950. The standard InChI is InChI=1S/C37H52FNO5S/c1-5-7-8-9-10-11-12-13-14-15-16-17-18-19-20-21-22-25-28-45-34(6-2)35(40)39-32(29-30(3)4)37(42)43-33-27-24-23-26-31(33)36(41)44-38/h7-8,10-11,13-14,16-17,19-20,23-24,26-27,30,32,34H,5-6,9,12,15,18,21-22,25,28-29H2,1-4H3,(H,39,40)/b8-7-,11-10-,14-13-,17-16-,20-19-/t32?,34-/m0/s1. The predicted octanol–water partition coefficient (Wildman–Crippen LogP) is 9.60. The summed E-state index contributed by atoms with van der Waals surface area (Å²) >= 11 is 1.59. The molecule has 1 aromatic rings. The van der Waals surface area contributed by atoms with Crippen LogP contribution < -0.4 is 10.1 Å². The highest BCUT2D eigenvalue weighted by Crippen LogP contribution is 2.22. The van der Waals surface area contributed by atoms with E-state index in [1.807, 2.05) is 20.8 Å². The lowest BCUT2D eigenvalue weighted by molar-refractivity contribution is -0.139. The molecule has 2 atom stereocenters. The molecule has 0 radical (unpaired) electrons. The van der Waals surface area contributed by atoms with Gasteiger partial charge in [-0.25, -0.2) is 14.5 Å². The number of nitrogens with one attached hydrogen (secondary N) is 1. The zero-order valence-electron chi connectivity index (χ0n) is 27.4. The van der Waals surface area contributed by atoms with Gasteiger partial charge in [0.25, 0.3) is 0 Å². The van der Waals surface area contributed by atoms with Gasteiger partial charge >= 0.3 is 11.9 Å². The van der Waals surface area contributed by atoms with Gasteiger partial charge in [-0.1, -0.05) is 101 Å². The van der Waals surface area contributed by atoms with E-state index >= 15 is 0 Å². The van der Waals surface area contributed by atoms with E-state index in [0.717, 1.165) is 57.1 Å². The molecule has 0 aliphatic heterocycles. The lowest BCUT2D eigenvalue weighted by atomic mass is 10.0. The van der Waals surface area contributed by atoms with Crippen molar-refractivity contribution >= 4 is 29.6 Å². The number of carbonyl (C=O) groups excluding carboxylic acids is 3. The fourth-order valence-corrected chi connectivity index (χ4v) is 5.34. The summed E-state index contributed by atoms with van der Waals surface area (Å²) in [6.07, 6.45) is 30.9. The molecule has 0 fully saturated rings. The van der Waals surface area contributed by atoms with E-state index in [2.05, 4.69) is 77.9 Å². The summed E-state index contributed by atoms with van der Waals surface area (Å²) in [4.78, 5) is 41.1. The lowest BCUT2D eigenvalue weighted by Gasteiger charge is -2.22. The van der Waals surface area contributed by atoms with E-state index in [0.29, 0.717) is 12.8 Å². The summed E-state index contributed by atoms with van der Waals surface area (Å²) in [5, 5.41) is 2.54. The van der Waals surface area contributed by atoms with E-state index in [4.69, 9.17) is 4.74 Å². The molecule has 6 nitrogen and oxygen atoms in total. The largest absolute Gasteiger partial charge is 0.424 e. The zero-order chi connectivity index (χ0) is 33.1. The number of amides is 1. The Hall–Kier alpha value is -3.39. The average molecular weight is 642 g/mol. The molecule has 0 aromatic heterocycles. The highest BCUT2D eigenvalue weighted by atomic mass is 32.2. The third-order valence-corrected chi connectivity index (χ3v) is 8.07. The molecule has 0 aliphatic carbocycles. The van der Waals surface area contributed by atoms with Crippen molar-refractivity contribution in [2.45, 2.75) is 103 Å². The molecule has 0 aliphatic rings. The van der Waals surface area contributed by atoms with Gasteiger partial charge in [-0.15, -0.1) is 11.8 Å². The van der Waals surface area contributed by atoms with Gasteiger partial charge in [0, 0.05) is 4.53 Å². The van der Waals surface area contributed by atoms with Crippen molar-refractivity contribution in [3.63, 3.8) is 0 Å². The first kappa shape index (κ1) is 39.6. The van der Waals surface area contributed by atoms with Crippen molar-refractivity contribution in [3.05, 3.63) is 90.6 Å². The first-order valence-electron chi connectivity index (χ1n) is 16.1. The molecule has 0 bridgehead atoms. The van der Waals surface area contributed by atoms with Crippen LogP contribution in [0.4, 0.5) is 4.53 Å². The van der Waals surface area contributed by atoms with Gasteiger partial charge in [0.15, 0.2) is 0 Å². The van der Waals surface area contributed by atoms with Crippen LogP contribution in [0.1, 0.15) is 102 Å². The van der Waals surface area contributed by atoms with Gasteiger partial charge in [0.1, 0.15) is 17.4 Å². The van der Waals surface area contributed by atoms with Gasteiger partial charge in [-0.3, -0.25) is 4.79 Å². The molecule has 1 amide bonds. The summed E-state index contributed by atoms with van der Waals surface area (Å²) in [5.74, 6) is -1.38. The van der Waals surface area contributed by atoms with E-state index in [1.54, 1.807) is 17.8 Å². The number of allylic oxidation sites excluding steroid dienone is 10. The fourth-order valence-electron chi connectivity index (χ4n) is 4.23.